The fraction of sp³-hybridized carbons (Fsp3) is 0. The zero-order valence-corrected chi connectivity index (χ0v) is 6.25. The normalized spacial score (nSPS) is 6.40. The number of aromatic hydroxyl groups is 1. The minimum atomic E-state index is 0. The monoisotopic (exact) mass is 182 g/mol. The summed E-state index contributed by atoms with van der Waals surface area (Å²) in [7, 11) is 0. The number of carbonyl (C=O) groups is 1. The molecule has 1 N–H and O–H groups in total. The first-order valence-corrected chi connectivity index (χ1v) is 2.42. The Bertz CT molecular complexity index is 153. The van der Waals surface area contributed by atoms with Gasteiger partial charge in [0.15, 0.2) is 0 Å². The summed E-state index contributed by atoms with van der Waals surface area (Å²) >= 11 is 0. The average molecular weight is 183 g/mol. The quantitative estimate of drug-likeness (QED) is 0.613. The molecule has 0 aromatic heterocycles. The first-order valence-electron chi connectivity index (χ1n) is 2.42. The molecule has 0 saturated heterocycles. The second kappa shape index (κ2) is 8.18. The van der Waals surface area contributed by atoms with Gasteiger partial charge < -0.3 is 9.90 Å². The van der Waals surface area contributed by atoms with Crippen molar-refractivity contribution in [2.75, 3.05) is 0 Å². The summed E-state index contributed by atoms with van der Waals surface area (Å²) in [5.41, 5.74) is 0. The van der Waals surface area contributed by atoms with E-state index in [1.807, 2.05) is 12.9 Å². The Morgan fingerprint density at radius 1 is 1.10 bits per heavy atom. The van der Waals surface area contributed by atoms with E-state index in [1.165, 1.54) is 0 Å². The summed E-state index contributed by atoms with van der Waals surface area (Å²) in [5, 5.41) is 8.63. The molecule has 1 aromatic rings. The van der Waals surface area contributed by atoms with Crippen LogP contribution >= 0.6 is 0 Å². The van der Waals surface area contributed by atoms with Crippen molar-refractivity contribution in [2.24, 2.45) is 0 Å². The number of benzene rings is 1. The fourth-order valence-electron chi connectivity index (χ4n) is 0.428. The number of hydrogen-bond acceptors (Lipinski definition) is 2. The first-order chi connectivity index (χ1) is 4.39. The van der Waals surface area contributed by atoms with Gasteiger partial charge >= 0.3 is 0 Å². The average Bonchev–Trinajstić information content (AvgIpc) is 1.94. The summed E-state index contributed by atoms with van der Waals surface area (Å²) in [6.45, 7) is 2.00. The van der Waals surface area contributed by atoms with E-state index in [0.29, 0.717) is 5.75 Å². The molecule has 0 bridgehead atoms. The van der Waals surface area contributed by atoms with Crippen molar-refractivity contribution in [3.63, 3.8) is 0 Å². The van der Waals surface area contributed by atoms with E-state index >= 15 is 0 Å². The van der Waals surface area contributed by atoms with Crippen LogP contribution in [0.1, 0.15) is 0 Å². The summed E-state index contributed by atoms with van der Waals surface area (Å²) in [4.78, 5) is 8.00. The van der Waals surface area contributed by atoms with Crippen LogP contribution in [0.5, 0.6) is 5.75 Å². The Kier molecular flexibility index (Phi) is 9.75. The van der Waals surface area contributed by atoms with E-state index in [9.17, 15) is 0 Å². The van der Waals surface area contributed by atoms with Crippen molar-refractivity contribution >= 4 is 6.79 Å². The van der Waals surface area contributed by atoms with E-state index in [-0.39, 0.29) is 16.5 Å². The molecule has 3 heteroatoms. The molecule has 0 radical (unpaired) electrons. The van der Waals surface area contributed by atoms with Gasteiger partial charge in [0, 0.05) is 16.5 Å². The molecule has 0 aliphatic heterocycles. The van der Waals surface area contributed by atoms with Crippen LogP contribution in [-0.4, -0.2) is 11.9 Å². The number of para-hydroxylation sites is 1. The van der Waals surface area contributed by atoms with Gasteiger partial charge in [-0.2, -0.15) is 0 Å². The number of phenolic OH excluding ortho intramolecular Hbond substituents is 1. The molecule has 0 heterocycles. The predicted molar refractivity (Wildman–Crippen MR) is 35.2 cm³/mol. The van der Waals surface area contributed by atoms with Crippen LogP contribution < -0.4 is 0 Å². The first kappa shape index (κ1) is 11.9. The third kappa shape index (κ3) is 5.32. The van der Waals surface area contributed by atoms with Crippen LogP contribution in [0.3, 0.4) is 0 Å². The number of carbonyl (C=O) groups excluding carboxylic acids is 1. The molecule has 0 fully saturated rings. The molecule has 1 rings (SSSR count). The molecule has 58 valence electrons. The molecule has 0 spiro atoms. The maximum absolute atomic E-state index is 8.63. The summed E-state index contributed by atoms with van der Waals surface area (Å²) < 4.78 is 0. The second-order valence-corrected chi connectivity index (χ2v) is 1.34. The smallest absolute Gasteiger partial charge is 0.115 e. The van der Waals surface area contributed by atoms with Crippen molar-refractivity contribution in [3.05, 3.63) is 30.3 Å². The van der Waals surface area contributed by atoms with Gasteiger partial charge in [-0.1, -0.05) is 18.2 Å². The fourth-order valence-corrected chi connectivity index (χ4v) is 0.428. The molecule has 0 saturated carbocycles. The van der Waals surface area contributed by atoms with Gasteiger partial charge in [0.25, 0.3) is 0 Å². The van der Waals surface area contributed by atoms with Gasteiger partial charge in [0.1, 0.15) is 12.5 Å². The molecule has 0 atom stereocenters. The molecule has 1 aromatic carbocycles. The van der Waals surface area contributed by atoms with Crippen LogP contribution in [0.2, 0.25) is 0 Å². The van der Waals surface area contributed by atoms with Crippen LogP contribution in [0, 0.1) is 0 Å². The van der Waals surface area contributed by atoms with Gasteiger partial charge in [0.2, 0.25) is 0 Å². The van der Waals surface area contributed by atoms with E-state index in [0.717, 1.165) is 0 Å². The number of phenols is 1. The van der Waals surface area contributed by atoms with E-state index in [4.69, 9.17) is 9.90 Å². The summed E-state index contributed by atoms with van der Waals surface area (Å²) in [6.07, 6.45) is 0. The van der Waals surface area contributed by atoms with Crippen molar-refractivity contribution in [1.29, 1.82) is 0 Å². The summed E-state index contributed by atoms with van der Waals surface area (Å²) in [5.74, 6) is 0.322. The zero-order valence-electron chi connectivity index (χ0n) is 5.27. The maximum Gasteiger partial charge on any atom is 0.115 e. The van der Waals surface area contributed by atoms with Crippen molar-refractivity contribution in [1.82, 2.24) is 0 Å². The molecule has 0 aliphatic rings. The third-order valence-electron chi connectivity index (χ3n) is 0.756. The number of hydrogen-bond donors (Lipinski definition) is 1. The van der Waals surface area contributed by atoms with Crippen LogP contribution in [0.25, 0.3) is 0 Å². The molecule has 2 nitrogen and oxygen atoms in total. The van der Waals surface area contributed by atoms with Gasteiger partial charge in [-0.15, -0.1) is 0 Å². The van der Waals surface area contributed by atoms with Crippen molar-refractivity contribution < 1.29 is 26.4 Å². The maximum atomic E-state index is 8.63. The van der Waals surface area contributed by atoms with Crippen molar-refractivity contribution in [2.45, 2.75) is 0 Å². The minimum Gasteiger partial charge on any atom is -0.508 e. The molecule has 10 heavy (non-hydrogen) atoms. The van der Waals surface area contributed by atoms with E-state index in [2.05, 4.69) is 0 Å². The van der Waals surface area contributed by atoms with Crippen LogP contribution in [0.15, 0.2) is 30.3 Å². The topological polar surface area (TPSA) is 37.3 Å². The van der Waals surface area contributed by atoms with Gasteiger partial charge in [0.05, 0.1) is 0 Å². The van der Waals surface area contributed by atoms with Gasteiger partial charge in [-0.05, 0) is 12.1 Å². The summed E-state index contributed by atoms with van der Waals surface area (Å²) in [6, 6.07) is 8.71. The SMILES string of the molecule is C=O.Oc1ccccc1.[Ni]. The van der Waals surface area contributed by atoms with Crippen LogP contribution in [-0.2, 0) is 21.3 Å². The third-order valence-corrected chi connectivity index (χ3v) is 0.756. The van der Waals surface area contributed by atoms with Crippen molar-refractivity contribution in [3.8, 4) is 5.75 Å². The van der Waals surface area contributed by atoms with Gasteiger partial charge in [-0.3, -0.25) is 0 Å². The van der Waals surface area contributed by atoms with E-state index in [1.54, 1.807) is 24.3 Å². The Balaban J connectivity index is 0. The zero-order chi connectivity index (χ0) is 7.11. The Morgan fingerprint density at radius 2 is 1.50 bits per heavy atom. The predicted octanol–water partition coefficient (Wildman–Crippen LogP) is 1.20. The van der Waals surface area contributed by atoms with Crippen LogP contribution in [0.4, 0.5) is 0 Å². The Morgan fingerprint density at radius 3 is 1.70 bits per heavy atom. The molecular formula is C7H8NiO2. The largest absolute Gasteiger partial charge is 0.508 e. The molecule has 0 aliphatic carbocycles. The number of rotatable bonds is 0. The Labute approximate surface area is 69.8 Å². The molecule has 0 unspecified atom stereocenters. The second-order valence-electron chi connectivity index (χ2n) is 1.34. The minimum absolute atomic E-state index is 0. The Hall–Kier alpha value is -0.816. The van der Waals surface area contributed by atoms with Gasteiger partial charge in [-0.25, -0.2) is 0 Å². The standard InChI is InChI=1S/C6H6O.CH2O.Ni/c7-6-4-2-1-3-5-6;1-2;/h1-5,7H;1H2;. The molecule has 0 amide bonds. The molecular weight excluding hydrogens is 175 g/mol. The van der Waals surface area contributed by atoms with E-state index < -0.39 is 0 Å².